The fourth-order valence-corrected chi connectivity index (χ4v) is 4.87. The molecule has 0 N–H and O–H groups in total. The number of aromatic nitrogens is 2. The average molecular weight is 389 g/mol. The number of carbonyl (C=O) groups is 1. The molecular formula is C24H28N4O. The lowest BCUT2D eigenvalue weighted by molar-refractivity contribution is -0.136. The fraction of sp³-hybridized carbons (Fsp3) is 0.417. The van der Waals surface area contributed by atoms with Crippen molar-refractivity contribution in [1.82, 2.24) is 14.3 Å². The number of piperazine rings is 1. The van der Waals surface area contributed by atoms with Gasteiger partial charge in [0.2, 0.25) is 5.91 Å². The second-order valence-corrected chi connectivity index (χ2v) is 8.41. The Kier molecular flexibility index (Phi) is 4.53. The topological polar surface area (TPSA) is 40.8 Å². The van der Waals surface area contributed by atoms with Crippen molar-refractivity contribution in [2.75, 3.05) is 31.1 Å². The Hall–Kier alpha value is -2.82. The zero-order chi connectivity index (χ0) is 20.0. The minimum Gasteiger partial charge on any atom is -0.368 e. The first-order valence-electron chi connectivity index (χ1n) is 10.7. The van der Waals surface area contributed by atoms with Crippen LogP contribution in [0.25, 0.3) is 5.65 Å². The molecular weight excluding hydrogens is 360 g/mol. The Morgan fingerprint density at radius 3 is 2.69 bits per heavy atom. The van der Waals surface area contributed by atoms with Gasteiger partial charge < -0.3 is 14.2 Å². The molecule has 3 aromatic rings. The summed E-state index contributed by atoms with van der Waals surface area (Å²) in [6.07, 6.45) is 4.68. The van der Waals surface area contributed by atoms with Crippen LogP contribution in [0.15, 0.2) is 42.6 Å². The summed E-state index contributed by atoms with van der Waals surface area (Å²) in [6, 6.07) is 12.6. The molecule has 2 aliphatic rings. The molecule has 1 aromatic carbocycles. The number of benzene rings is 1. The van der Waals surface area contributed by atoms with Crippen molar-refractivity contribution in [2.24, 2.45) is 5.92 Å². The number of nitrogens with zero attached hydrogens (tertiary/aromatic N) is 4. The first-order valence-corrected chi connectivity index (χ1v) is 10.7. The fourth-order valence-electron chi connectivity index (χ4n) is 4.87. The zero-order valence-electron chi connectivity index (χ0n) is 17.3. The molecule has 5 nitrogen and oxygen atoms in total. The van der Waals surface area contributed by atoms with Gasteiger partial charge in [-0.2, -0.15) is 0 Å². The van der Waals surface area contributed by atoms with E-state index in [1.54, 1.807) is 0 Å². The zero-order valence-corrected chi connectivity index (χ0v) is 17.3. The number of fused-ring (bicyclic) bond motifs is 3. The monoisotopic (exact) mass is 388 g/mol. The predicted octanol–water partition coefficient (Wildman–Crippen LogP) is 3.40. The van der Waals surface area contributed by atoms with Gasteiger partial charge in [-0.05, 0) is 56.0 Å². The third-order valence-corrected chi connectivity index (χ3v) is 6.74. The van der Waals surface area contributed by atoms with E-state index in [2.05, 4.69) is 52.4 Å². The molecule has 150 valence electrons. The van der Waals surface area contributed by atoms with Crippen LogP contribution in [0, 0.1) is 19.8 Å². The largest absolute Gasteiger partial charge is 0.368 e. The summed E-state index contributed by atoms with van der Waals surface area (Å²) in [5.74, 6) is 0.400. The summed E-state index contributed by atoms with van der Waals surface area (Å²) in [6.45, 7) is 7.78. The Morgan fingerprint density at radius 2 is 1.86 bits per heavy atom. The second kappa shape index (κ2) is 7.21. The maximum Gasteiger partial charge on any atom is 0.226 e. The lowest BCUT2D eigenvalue weighted by Crippen LogP contribution is -2.51. The number of carbonyl (C=O) groups excluding carboxylic acids is 1. The maximum atomic E-state index is 13.3. The van der Waals surface area contributed by atoms with Gasteiger partial charge in [-0.25, -0.2) is 4.98 Å². The molecule has 1 aliphatic carbocycles. The Labute approximate surface area is 172 Å². The van der Waals surface area contributed by atoms with Gasteiger partial charge >= 0.3 is 0 Å². The number of hydrogen-bond donors (Lipinski definition) is 0. The number of amides is 1. The number of hydrogen-bond acceptors (Lipinski definition) is 3. The van der Waals surface area contributed by atoms with Crippen molar-refractivity contribution in [2.45, 2.75) is 33.1 Å². The second-order valence-electron chi connectivity index (χ2n) is 8.41. The van der Waals surface area contributed by atoms with Crippen LogP contribution in [-0.4, -0.2) is 46.4 Å². The summed E-state index contributed by atoms with van der Waals surface area (Å²) in [7, 11) is 0. The minimum absolute atomic E-state index is 0.0786. The van der Waals surface area contributed by atoms with E-state index in [1.807, 2.05) is 18.2 Å². The molecule has 1 atom stereocenters. The quantitative estimate of drug-likeness (QED) is 0.676. The van der Waals surface area contributed by atoms with Gasteiger partial charge in [-0.1, -0.05) is 18.2 Å². The van der Waals surface area contributed by atoms with Crippen molar-refractivity contribution in [3.8, 4) is 0 Å². The number of aryl methyl sites for hydroxylation is 2. The first-order chi connectivity index (χ1) is 14.1. The molecule has 5 rings (SSSR count). The van der Waals surface area contributed by atoms with E-state index >= 15 is 0 Å². The van der Waals surface area contributed by atoms with Gasteiger partial charge in [0.25, 0.3) is 0 Å². The van der Waals surface area contributed by atoms with E-state index in [-0.39, 0.29) is 5.92 Å². The molecule has 0 radical (unpaired) electrons. The molecule has 2 aromatic heterocycles. The Balaban J connectivity index is 1.27. The van der Waals surface area contributed by atoms with Crippen LogP contribution in [0.4, 0.5) is 5.69 Å². The van der Waals surface area contributed by atoms with Crippen LogP contribution in [0.5, 0.6) is 0 Å². The Morgan fingerprint density at radius 1 is 1.03 bits per heavy atom. The summed E-state index contributed by atoms with van der Waals surface area (Å²) >= 11 is 0. The smallest absolute Gasteiger partial charge is 0.226 e. The van der Waals surface area contributed by atoms with Gasteiger partial charge in [0.1, 0.15) is 5.65 Å². The number of anilines is 1. The van der Waals surface area contributed by atoms with Crippen LogP contribution >= 0.6 is 0 Å². The summed E-state index contributed by atoms with van der Waals surface area (Å²) < 4.78 is 2.16. The van der Waals surface area contributed by atoms with E-state index in [0.717, 1.165) is 51.1 Å². The van der Waals surface area contributed by atoms with Crippen LogP contribution < -0.4 is 4.90 Å². The van der Waals surface area contributed by atoms with Gasteiger partial charge in [-0.15, -0.1) is 0 Å². The molecule has 1 fully saturated rings. The average Bonchev–Trinajstić information content (AvgIpc) is 3.13. The summed E-state index contributed by atoms with van der Waals surface area (Å²) in [5.41, 5.74) is 7.36. The highest BCUT2D eigenvalue weighted by Gasteiger charge is 2.32. The first kappa shape index (κ1) is 18.2. The normalized spacial score (nSPS) is 19.4. The molecule has 0 saturated carbocycles. The Bertz CT molecular complexity index is 1060. The van der Waals surface area contributed by atoms with Crippen molar-refractivity contribution >= 4 is 17.2 Å². The lowest BCUT2D eigenvalue weighted by Gasteiger charge is -2.38. The molecule has 3 heterocycles. The molecule has 0 spiro atoms. The minimum atomic E-state index is 0.0786. The highest BCUT2D eigenvalue weighted by molar-refractivity contribution is 5.80. The van der Waals surface area contributed by atoms with Crippen LogP contribution in [0.2, 0.25) is 0 Å². The van der Waals surface area contributed by atoms with Crippen LogP contribution in [0.3, 0.4) is 0 Å². The molecule has 1 unspecified atom stereocenters. The highest BCUT2D eigenvalue weighted by atomic mass is 16.2. The van der Waals surface area contributed by atoms with Crippen molar-refractivity contribution in [1.29, 1.82) is 0 Å². The van der Waals surface area contributed by atoms with E-state index in [4.69, 9.17) is 4.98 Å². The van der Waals surface area contributed by atoms with E-state index in [9.17, 15) is 4.79 Å². The molecule has 1 amide bonds. The van der Waals surface area contributed by atoms with Gasteiger partial charge in [0.05, 0.1) is 5.69 Å². The molecule has 1 saturated heterocycles. The summed E-state index contributed by atoms with van der Waals surface area (Å²) in [5, 5.41) is 0. The van der Waals surface area contributed by atoms with E-state index in [1.165, 1.54) is 28.2 Å². The van der Waals surface area contributed by atoms with Gasteiger partial charge in [-0.3, -0.25) is 4.79 Å². The molecule has 5 heteroatoms. The van der Waals surface area contributed by atoms with Gasteiger partial charge in [0, 0.05) is 56.1 Å². The van der Waals surface area contributed by atoms with E-state index in [0.29, 0.717) is 5.91 Å². The third-order valence-electron chi connectivity index (χ3n) is 6.74. The third kappa shape index (κ3) is 3.18. The molecule has 0 bridgehead atoms. The molecule has 29 heavy (non-hydrogen) atoms. The standard InChI is InChI=1S/C24H28N4O/c1-17-6-5-7-21(18(17)2)26-12-14-27(15-13-26)24(29)19-9-10-20-22(16-19)28-11-4-3-8-23(28)25-20/h3-8,11,19H,9-10,12-16H2,1-2H3. The number of pyridine rings is 1. The maximum absolute atomic E-state index is 13.3. The highest BCUT2D eigenvalue weighted by Crippen LogP contribution is 2.29. The van der Waals surface area contributed by atoms with Crippen molar-refractivity contribution in [3.05, 3.63) is 65.1 Å². The van der Waals surface area contributed by atoms with Gasteiger partial charge in [0.15, 0.2) is 0 Å². The molecule has 1 aliphatic heterocycles. The summed E-state index contributed by atoms with van der Waals surface area (Å²) in [4.78, 5) is 22.5. The predicted molar refractivity (Wildman–Crippen MR) is 115 cm³/mol. The SMILES string of the molecule is Cc1cccc(N2CCN(C(=O)C3CCc4nc5ccccn5c4C3)CC2)c1C. The number of rotatable bonds is 2. The van der Waals surface area contributed by atoms with Crippen LogP contribution in [0.1, 0.15) is 28.9 Å². The van der Waals surface area contributed by atoms with Crippen molar-refractivity contribution in [3.63, 3.8) is 0 Å². The lowest BCUT2D eigenvalue weighted by atomic mass is 9.88. The van der Waals surface area contributed by atoms with Crippen molar-refractivity contribution < 1.29 is 4.79 Å². The van der Waals surface area contributed by atoms with Crippen LogP contribution in [-0.2, 0) is 17.6 Å². The number of imidazole rings is 1. The van der Waals surface area contributed by atoms with E-state index < -0.39 is 0 Å².